The molecule has 3 aromatic carbocycles. The molecular formula is C61H63ClF10N8O13PS2-. The van der Waals surface area contributed by atoms with Gasteiger partial charge in [0, 0.05) is 57.7 Å². The number of hydrogen-bond acceptors (Lipinski definition) is 15. The maximum absolute atomic E-state index is 15.8. The van der Waals surface area contributed by atoms with E-state index < -0.39 is 212 Å². The Morgan fingerprint density at radius 1 is 0.927 bits per heavy atom. The number of rotatable bonds is 25. The molecule has 3 amide bonds. The summed E-state index contributed by atoms with van der Waals surface area (Å²) in [5.74, 6) is -9.09. The highest BCUT2D eigenvalue weighted by atomic mass is 35.5. The lowest BCUT2D eigenvalue weighted by Gasteiger charge is -2.33. The number of alkyl halides is 8. The molecule has 0 spiro atoms. The number of sulfone groups is 1. The van der Waals surface area contributed by atoms with Crippen molar-refractivity contribution in [3.8, 4) is 28.7 Å². The summed E-state index contributed by atoms with van der Waals surface area (Å²) < 4.78 is 233. The van der Waals surface area contributed by atoms with Crippen LogP contribution < -0.4 is 15.2 Å². The molecule has 1 saturated carbocycles. The Bertz CT molecular complexity index is 4330. The van der Waals surface area contributed by atoms with Crippen molar-refractivity contribution in [1.82, 2.24) is 39.5 Å². The van der Waals surface area contributed by atoms with Gasteiger partial charge < -0.3 is 24.8 Å². The number of carbonyl (C=O) groups excluding carboxylic acids is 3. The number of aromatic nitrogens is 5. The van der Waals surface area contributed by atoms with Gasteiger partial charge in [0.05, 0.1) is 64.4 Å². The number of carbonyl (C=O) groups is 4. The number of pyridine rings is 1. The van der Waals surface area contributed by atoms with Crippen molar-refractivity contribution >= 4 is 75.1 Å². The third kappa shape index (κ3) is 16.9. The number of halogens is 11. The number of aliphatic carboxylic acids is 1. The highest BCUT2D eigenvalue weighted by molar-refractivity contribution is 7.92. The van der Waals surface area contributed by atoms with E-state index in [4.69, 9.17) is 25.2 Å². The van der Waals surface area contributed by atoms with E-state index in [1.807, 2.05) is 0 Å². The van der Waals surface area contributed by atoms with E-state index in [1.54, 1.807) is 6.92 Å². The van der Waals surface area contributed by atoms with Gasteiger partial charge >= 0.3 is 26.1 Å². The van der Waals surface area contributed by atoms with Crippen LogP contribution >= 0.6 is 19.4 Å². The fourth-order valence-corrected chi connectivity index (χ4v) is 13.8. The van der Waals surface area contributed by atoms with E-state index in [0.29, 0.717) is 16.3 Å². The molecule has 0 radical (unpaired) electrons. The Morgan fingerprint density at radius 3 is 2.12 bits per heavy atom. The molecule has 21 nitrogen and oxygen atoms in total. The molecule has 1 fully saturated rings. The predicted molar refractivity (Wildman–Crippen MR) is 326 cm³/mol. The first-order valence-corrected chi connectivity index (χ1v) is 33.9. The molecule has 1 unspecified atom stereocenters. The summed E-state index contributed by atoms with van der Waals surface area (Å²) in [5.41, 5.74) is -8.00. The number of hydrogen-bond donors (Lipinski definition) is 3. The SMILES string of the molecule is Cc1cc(CC(=O)NCC(=O)O)c(C(C)(C)CC(=O)N(Cc2nn(CC(F)(F)F)c3c(-c4ccc(C#CC(C)(C)S(C)(=O)=O)nc4[C@H](Cc4cc(F)cc(F)c4)NC(=O)Cn4nc(C(F)(F)F)c5c4C(F)(F)[C@@H]4C[C@H]54)ccc(Cl)c23)S(=O)[O-])c(OP(=O)(OC(C)C)OC(C)C)c1. The van der Waals surface area contributed by atoms with Crippen LogP contribution in [0.1, 0.15) is 136 Å². The van der Waals surface area contributed by atoms with E-state index in [0.717, 1.165) is 42.7 Å². The molecule has 520 valence electrons. The molecule has 0 bridgehead atoms. The molecule has 0 aliphatic heterocycles. The van der Waals surface area contributed by atoms with Crippen molar-refractivity contribution in [3.05, 3.63) is 128 Å². The summed E-state index contributed by atoms with van der Waals surface area (Å²) in [4.78, 5) is 58.6. The minimum absolute atomic E-state index is 0.0512. The molecule has 0 saturated heterocycles. The number of aryl methyl sites for hydroxylation is 1. The first-order chi connectivity index (χ1) is 44.2. The van der Waals surface area contributed by atoms with Crippen molar-refractivity contribution in [3.63, 3.8) is 0 Å². The smallest absolute Gasteiger partial charge is 0.530 e. The van der Waals surface area contributed by atoms with Crippen molar-refractivity contribution in [1.29, 1.82) is 0 Å². The Kier molecular flexibility index (Phi) is 21.2. The highest BCUT2D eigenvalue weighted by Crippen LogP contribution is 2.68. The zero-order valence-corrected chi connectivity index (χ0v) is 56.0. The highest BCUT2D eigenvalue weighted by Gasteiger charge is 2.68. The Hall–Kier alpha value is -7.47. The summed E-state index contributed by atoms with van der Waals surface area (Å²) in [6.07, 6.45) is -13.7. The van der Waals surface area contributed by atoms with Crippen molar-refractivity contribution in [2.45, 2.75) is 160 Å². The van der Waals surface area contributed by atoms with Crippen LogP contribution in [0.5, 0.6) is 5.75 Å². The monoisotopic (exact) mass is 1440 g/mol. The fraction of sp³-hybridized carbons (Fsp3) is 0.459. The van der Waals surface area contributed by atoms with Crippen LogP contribution in [0.25, 0.3) is 22.0 Å². The Labute approximate surface area is 550 Å². The van der Waals surface area contributed by atoms with Gasteiger partial charge in [0.15, 0.2) is 15.5 Å². The zero-order valence-electron chi connectivity index (χ0n) is 52.7. The van der Waals surface area contributed by atoms with Gasteiger partial charge in [-0.15, -0.1) is 0 Å². The van der Waals surface area contributed by atoms with Crippen LogP contribution in [0.15, 0.2) is 54.6 Å². The summed E-state index contributed by atoms with van der Waals surface area (Å²) in [6, 6.07) is 7.55. The van der Waals surface area contributed by atoms with Crippen LogP contribution in [-0.2, 0) is 104 Å². The number of amides is 3. The van der Waals surface area contributed by atoms with E-state index in [9.17, 15) is 72.4 Å². The molecule has 4 atom stereocenters. The molecule has 6 aromatic rings. The molecule has 2 aliphatic carbocycles. The Balaban J connectivity index is 1.29. The molecule has 3 heterocycles. The number of fused-ring (bicyclic) bond motifs is 4. The quantitative estimate of drug-likeness (QED) is 0.0208. The second kappa shape index (κ2) is 27.4. The molecule has 3 aromatic heterocycles. The number of benzene rings is 3. The van der Waals surface area contributed by atoms with E-state index in [2.05, 4.69) is 37.7 Å². The lowest BCUT2D eigenvalue weighted by atomic mass is 9.77. The average Bonchev–Trinajstić information content (AvgIpc) is 1.51. The summed E-state index contributed by atoms with van der Waals surface area (Å²) in [7, 11) is -8.59. The molecule has 3 N–H and O–H groups in total. The van der Waals surface area contributed by atoms with Gasteiger partial charge in [0.2, 0.25) is 17.7 Å². The van der Waals surface area contributed by atoms with Gasteiger partial charge in [-0.25, -0.2) is 26.7 Å². The topological polar surface area (TPSA) is 283 Å². The maximum atomic E-state index is 15.8. The second-order valence-corrected chi connectivity index (χ2v) is 30.2. The number of carboxylic acids is 1. The molecular weight excluding hydrogens is 1370 g/mol. The summed E-state index contributed by atoms with van der Waals surface area (Å²) >= 11 is 3.22. The minimum Gasteiger partial charge on any atom is -0.755 e. The summed E-state index contributed by atoms with van der Waals surface area (Å²) in [6.45, 7) is 7.52. The van der Waals surface area contributed by atoms with E-state index >= 15 is 17.6 Å². The van der Waals surface area contributed by atoms with Gasteiger partial charge in [-0.2, -0.15) is 45.3 Å². The van der Waals surface area contributed by atoms with Crippen molar-refractivity contribution in [2.24, 2.45) is 5.92 Å². The van der Waals surface area contributed by atoms with E-state index in [-0.39, 0.29) is 54.7 Å². The van der Waals surface area contributed by atoms with Crippen LogP contribution in [0.2, 0.25) is 5.02 Å². The fourth-order valence-electron chi connectivity index (χ4n) is 11.3. The number of nitrogens with zero attached hydrogens (tertiary/aromatic N) is 6. The standard InChI is InChI=1S/C61H64ClF10N8O13PS2/c1-30(2)91-94(86,92-31(3)4)93-45-18-32(5)17-34(22-46(81)73-26-49(84)85)52(45)57(6,7)25-48(83)80(95(87)88)27-44-51-42(62)14-13-39(54(51)79(76-44)29-59(65,66)67)38-12-11-37(15-16-58(8,9)96(10,89)90)74-53(38)43(21-33-19-35(63)23-36(64)20-33)75-47(82)28-78-56-50(55(77-78)61(70,71)72)40-24-41(40)60(56,68)69/h11-14,17-20,23,30-31,40-41,43H,21-22,24-29H2,1-10H3,(H,73,81)(H,75,82)(H,84,85)(H,87,88)/p-1/t40-,41+,43-/m0/s1. The second-order valence-electron chi connectivity index (χ2n) is 24.8. The van der Waals surface area contributed by atoms with E-state index in [1.165, 1.54) is 67.5 Å². The molecule has 35 heteroatoms. The number of phosphoric acid groups is 1. The molecule has 8 rings (SSSR count). The van der Waals surface area contributed by atoms with Gasteiger partial charge in [-0.05, 0) is 126 Å². The largest absolute Gasteiger partial charge is 0.755 e. The average molecular weight is 1440 g/mol. The number of carboxylic acid groups (broad SMARTS) is 1. The van der Waals surface area contributed by atoms with Gasteiger partial charge in [-0.3, -0.25) is 46.1 Å². The number of phosphoric ester groups is 1. The normalized spacial score (nSPS) is 16.2. The van der Waals surface area contributed by atoms with Crippen LogP contribution in [-0.4, -0.2) is 111 Å². The Morgan fingerprint density at radius 2 is 1.55 bits per heavy atom. The first-order valence-electron chi connectivity index (χ1n) is 29.2. The number of nitrogens with one attached hydrogen (secondary N) is 2. The van der Waals surface area contributed by atoms with Crippen molar-refractivity contribution in [2.75, 3.05) is 12.8 Å². The van der Waals surface area contributed by atoms with Crippen LogP contribution in [0.3, 0.4) is 0 Å². The third-order valence-electron chi connectivity index (χ3n) is 15.4. The molecule has 96 heavy (non-hydrogen) atoms. The minimum atomic E-state index is -5.27. The van der Waals surface area contributed by atoms with Crippen LogP contribution in [0.4, 0.5) is 43.9 Å². The molecule has 2 aliphatic rings. The van der Waals surface area contributed by atoms with Gasteiger partial charge in [0.1, 0.15) is 53.2 Å². The zero-order chi connectivity index (χ0) is 71.5. The van der Waals surface area contributed by atoms with Gasteiger partial charge in [-0.1, -0.05) is 43.5 Å². The summed E-state index contributed by atoms with van der Waals surface area (Å²) in [5, 5.41) is 20.6. The van der Waals surface area contributed by atoms with Gasteiger partial charge in [0.25, 0.3) is 5.92 Å². The maximum Gasteiger partial charge on any atom is 0.530 e. The van der Waals surface area contributed by atoms with Crippen LogP contribution in [0, 0.1) is 36.3 Å². The third-order valence-corrected chi connectivity index (χ3v) is 20.2. The van der Waals surface area contributed by atoms with Crippen molar-refractivity contribution < 1.29 is 104 Å². The lowest BCUT2D eigenvalue weighted by molar-refractivity contribution is -0.143. The first kappa shape index (κ1) is 74.3. The lowest BCUT2D eigenvalue weighted by Crippen LogP contribution is -2.37. The predicted octanol–water partition coefficient (Wildman–Crippen LogP) is 11.2.